The number of H-pyrrole nitrogens is 1. The lowest BCUT2D eigenvalue weighted by molar-refractivity contribution is 0.204. The minimum Gasteiger partial charge on any atom is -0.383 e. The van der Waals surface area contributed by atoms with Crippen LogP contribution in [0.2, 0.25) is 0 Å². The highest BCUT2D eigenvalue weighted by molar-refractivity contribution is 7.89. The molecule has 0 radical (unpaired) electrons. The minimum atomic E-state index is -3.59. The maximum absolute atomic E-state index is 12.5. The van der Waals surface area contributed by atoms with Crippen molar-refractivity contribution in [3.05, 3.63) is 47.7 Å². The largest absolute Gasteiger partial charge is 0.383 e. The Morgan fingerprint density at radius 2 is 2.19 bits per heavy atom. The first-order chi connectivity index (χ1) is 13.0. The number of nitrogens with one attached hydrogen (secondary N) is 3. The van der Waals surface area contributed by atoms with Crippen molar-refractivity contribution in [1.29, 1.82) is 0 Å². The summed E-state index contributed by atoms with van der Waals surface area (Å²) in [6.07, 6.45) is 3.77. The van der Waals surface area contributed by atoms with Gasteiger partial charge in [-0.15, -0.1) is 0 Å². The van der Waals surface area contributed by atoms with Gasteiger partial charge in [-0.05, 0) is 23.8 Å². The lowest BCUT2D eigenvalue weighted by atomic mass is 10.00. The highest BCUT2D eigenvalue weighted by Gasteiger charge is 2.31. The molecule has 0 spiro atoms. The molecule has 0 bridgehead atoms. The number of nitrogens with zero attached hydrogens (tertiary/aromatic N) is 2. The molecule has 27 heavy (non-hydrogen) atoms. The van der Waals surface area contributed by atoms with Gasteiger partial charge < -0.3 is 15.1 Å². The van der Waals surface area contributed by atoms with Gasteiger partial charge in [0.25, 0.3) is 0 Å². The second kappa shape index (κ2) is 6.93. The van der Waals surface area contributed by atoms with Crippen molar-refractivity contribution < 1.29 is 13.2 Å². The Morgan fingerprint density at radius 3 is 3.00 bits per heavy atom. The molecule has 0 saturated carbocycles. The lowest BCUT2D eigenvalue weighted by Gasteiger charge is -2.23. The van der Waals surface area contributed by atoms with E-state index in [0.29, 0.717) is 6.61 Å². The number of aliphatic imine (C=N–C) groups is 1. The predicted molar refractivity (Wildman–Crippen MR) is 103 cm³/mol. The molecule has 3 heterocycles. The van der Waals surface area contributed by atoms with Crippen LogP contribution in [0.5, 0.6) is 0 Å². The predicted octanol–water partition coefficient (Wildman–Crippen LogP) is 1.70. The molecular formula is C18H21N5O3S. The molecule has 4 rings (SSSR count). The number of rotatable bonds is 6. The van der Waals surface area contributed by atoms with Gasteiger partial charge in [0.1, 0.15) is 5.82 Å². The molecule has 142 valence electrons. The topological polar surface area (TPSA) is 98.8 Å². The van der Waals surface area contributed by atoms with Crippen molar-refractivity contribution in [3.63, 3.8) is 0 Å². The van der Waals surface area contributed by atoms with E-state index in [-0.39, 0.29) is 17.5 Å². The zero-order chi connectivity index (χ0) is 19.0. The van der Waals surface area contributed by atoms with Crippen LogP contribution in [0.25, 0.3) is 11.3 Å². The third kappa shape index (κ3) is 3.30. The summed E-state index contributed by atoms with van der Waals surface area (Å²) >= 11 is 0. The molecule has 2 aliphatic heterocycles. The van der Waals surface area contributed by atoms with E-state index in [2.05, 4.69) is 20.1 Å². The Bertz CT molecular complexity index is 1030. The highest BCUT2D eigenvalue weighted by atomic mass is 32.2. The van der Waals surface area contributed by atoms with E-state index in [1.807, 2.05) is 36.6 Å². The van der Waals surface area contributed by atoms with Crippen LogP contribution in [0.4, 0.5) is 5.82 Å². The van der Waals surface area contributed by atoms with Crippen LogP contribution >= 0.6 is 0 Å². The molecular weight excluding hydrogens is 366 g/mol. The SMILES string of the molecule is COCCNS(=O)(=O)c1cccc(-c2cc3c([nH]2)N=CC2=CNN(C)C23)c1. The van der Waals surface area contributed by atoms with Crippen LogP contribution in [0.15, 0.2) is 52.0 Å². The molecule has 0 aliphatic carbocycles. The van der Waals surface area contributed by atoms with E-state index in [1.54, 1.807) is 18.2 Å². The summed E-state index contributed by atoms with van der Waals surface area (Å²) in [4.78, 5) is 7.99. The van der Waals surface area contributed by atoms with Gasteiger partial charge in [-0.3, -0.25) is 0 Å². The number of hydrazine groups is 1. The zero-order valence-corrected chi connectivity index (χ0v) is 15.9. The van der Waals surface area contributed by atoms with Crippen LogP contribution in [-0.4, -0.2) is 51.9 Å². The molecule has 0 fully saturated rings. The molecule has 2 aliphatic rings. The summed E-state index contributed by atoms with van der Waals surface area (Å²) in [7, 11) is -0.0840. The molecule has 9 heteroatoms. The molecule has 0 saturated heterocycles. The second-order valence-electron chi connectivity index (χ2n) is 6.45. The van der Waals surface area contributed by atoms with Crippen LogP contribution in [0.3, 0.4) is 0 Å². The smallest absolute Gasteiger partial charge is 0.240 e. The van der Waals surface area contributed by atoms with Crippen molar-refractivity contribution >= 4 is 22.1 Å². The molecule has 0 amide bonds. The first-order valence-corrected chi connectivity index (χ1v) is 10.0. The van der Waals surface area contributed by atoms with Gasteiger partial charge in [-0.2, -0.15) is 0 Å². The number of methoxy groups -OCH3 is 1. The fourth-order valence-electron chi connectivity index (χ4n) is 3.31. The summed E-state index contributed by atoms with van der Waals surface area (Å²) in [6, 6.07) is 8.96. The number of aromatic amines is 1. The number of benzene rings is 1. The number of ether oxygens (including phenoxy) is 1. The van der Waals surface area contributed by atoms with Gasteiger partial charge in [0.05, 0.1) is 17.5 Å². The third-order valence-electron chi connectivity index (χ3n) is 4.66. The van der Waals surface area contributed by atoms with E-state index in [0.717, 1.165) is 28.2 Å². The molecule has 1 aromatic heterocycles. The fourth-order valence-corrected chi connectivity index (χ4v) is 4.37. The Morgan fingerprint density at radius 1 is 1.33 bits per heavy atom. The summed E-state index contributed by atoms with van der Waals surface area (Å²) in [5, 5.41) is 2.01. The average Bonchev–Trinajstić information content (AvgIpc) is 3.25. The number of sulfonamides is 1. The van der Waals surface area contributed by atoms with Crippen molar-refractivity contribution in [2.24, 2.45) is 4.99 Å². The summed E-state index contributed by atoms with van der Waals surface area (Å²) in [6.45, 7) is 0.545. The van der Waals surface area contributed by atoms with E-state index >= 15 is 0 Å². The molecule has 1 atom stereocenters. The van der Waals surface area contributed by atoms with E-state index < -0.39 is 10.0 Å². The van der Waals surface area contributed by atoms with E-state index in [9.17, 15) is 8.42 Å². The molecule has 8 nitrogen and oxygen atoms in total. The van der Waals surface area contributed by atoms with Crippen LogP contribution in [0, 0.1) is 0 Å². The Hall–Kier alpha value is -2.46. The van der Waals surface area contributed by atoms with Gasteiger partial charge in [-0.1, -0.05) is 12.1 Å². The van der Waals surface area contributed by atoms with Crippen LogP contribution < -0.4 is 10.1 Å². The maximum atomic E-state index is 12.5. The highest BCUT2D eigenvalue weighted by Crippen LogP contribution is 2.40. The van der Waals surface area contributed by atoms with Crippen molar-refractivity contribution in [2.75, 3.05) is 27.3 Å². The Kier molecular flexibility index (Phi) is 4.60. The number of likely N-dealkylation sites (N-methyl/N-ethyl adjacent to an activating group) is 1. The van der Waals surface area contributed by atoms with E-state index in [4.69, 9.17) is 4.74 Å². The number of hydrogen-bond acceptors (Lipinski definition) is 6. The first-order valence-electron chi connectivity index (χ1n) is 8.54. The lowest BCUT2D eigenvalue weighted by Crippen LogP contribution is -2.29. The first kappa shape index (κ1) is 17.9. The maximum Gasteiger partial charge on any atom is 0.240 e. The normalized spacial score (nSPS) is 18.7. The van der Waals surface area contributed by atoms with Crippen molar-refractivity contribution in [1.82, 2.24) is 20.1 Å². The number of hydrogen-bond donors (Lipinski definition) is 3. The van der Waals surface area contributed by atoms with Crippen molar-refractivity contribution in [3.8, 4) is 11.3 Å². The van der Waals surface area contributed by atoms with E-state index in [1.165, 1.54) is 7.11 Å². The zero-order valence-electron chi connectivity index (χ0n) is 15.1. The molecule has 2 aromatic rings. The van der Waals surface area contributed by atoms with Gasteiger partial charge in [-0.25, -0.2) is 23.1 Å². The molecule has 1 aromatic carbocycles. The van der Waals surface area contributed by atoms with Crippen molar-refractivity contribution in [2.45, 2.75) is 10.9 Å². The fraction of sp³-hybridized carbons (Fsp3) is 0.278. The number of fused-ring (bicyclic) bond motifs is 3. The summed E-state index contributed by atoms with van der Waals surface area (Å²) < 4.78 is 32.3. The second-order valence-corrected chi connectivity index (χ2v) is 8.22. The summed E-state index contributed by atoms with van der Waals surface area (Å²) in [5.41, 5.74) is 6.93. The standard InChI is InChI=1S/C18H21N5O3S/c1-23-17-13(11-20-23)10-19-18-15(17)9-16(22-18)12-4-3-5-14(8-12)27(24,25)21-6-7-26-2/h3-5,8-11,17,20-22H,6-7H2,1-2H3. The third-order valence-corrected chi connectivity index (χ3v) is 6.11. The van der Waals surface area contributed by atoms with Gasteiger partial charge in [0, 0.05) is 49.9 Å². The Balaban J connectivity index is 1.65. The van der Waals surface area contributed by atoms with Gasteiger partial charge in [0.15, 0.2) is 0 Å². The molecule has 3 N–H and O–H groups in total. The van der Waals surface area contributed by atoms with Crippen LogP contribution in [0.1, 0.15) is 11.6 Å². The van der Waals surface area contributed by atoms with Gasteiger partial charge >= 0.3 is 0 Å². The Labute approximate surface area is 158 Å². The van der Waals surface area contributed by atoms with Crippen LogP contribution in [-0.2, 0) is 14.8 Å². The number of aromatic nitrogens is 1. The molecule has 1 unspecified atom stereocenters. The average molecular weight is 387 g/mol. The minimum absolute atomic E-state index is 0.0881. The monoisotopic (exact) mass is 387 g/mol. The van der Waals surface area contributed by atoms with Gasteiger partial charge in [0.2, 0.25) is 10.0 Å². The quantitative estimate of drug-likeness (QED) is 0.655. The summed E-state index contributed by atoms with van der Waals surface area (Å²) in [5.74, 6) is 0.786.